The van der Waals surface area contributed by atoms with Gasteiger partial charge in [-0.25, -0.2) is 0 Å². The number of nitrogens with one attached hydrogen (secondary N) is 1. The van der Waals surface area contributed by atoms with Gasteiger partial charge in [0.05, 0.1) is 17.5 Å². The smallest absolute Gasteiger partial charge is 0.261 e. The Morgan fingerprint density at radius 2 is 2.16 bits per heavy atom. The number of thiophene rings is 1. The Morgan fingerprint density at radius 3 is 2.96 bits per heavy atom. The molecule has 1 aliphatic heterocycles. The van der Waals surface area contributed by atoms with Gasteiger partial charge >= 0.3 is 0 Å². The molecule has 6 nitrogen and oxygen atoms in total. The van der Waals surface area contributed by atoms with Crippen LogP contribution in [0.3, 0.4) is 0 Å². The zero-order valence-electron chi connectivity index (χ0n) is 14.9. The second-order valence-corrected chi connectivity index (χ2v) is 7.74. The van der Waals surface area contributed by atoms with E-state index in [1.807, 2.05) is 0 Å². The van der Waals surface area contributed by atoms with Crippen molar-refractivity contribution in [1.82, 2.24) is 10.2 Å². The third kappa shape index (κ3) is 4.40. The zero-order valence-corrected chi connectivity index (χ0v) is 15.7. The standard InChI is InChI=1S/C18H26N2O4S/c1-20(2)16(21)10-24-15-9-23-8-7-14(15)19-18(22)17-13-6-4-3-5-12(13)11-25-17/h11,14-15H,3-10H2,1-2H3,(H,19,22). The Kier molecular flexibility index (Phi) is 6.09. The summed E-state index contributed by atoms with van der Waals surface area (Å²) in [6.45, 7) is 0.991. The van der Waals surface area contributed by atoms with E-state index >= 15 is 0 Å². The van der Waals surface area contributed by atoms with Crippen molar-refractivity contribution in [2.45, 2.75) is 44.2 Å². The summed E-state index contributed by atoms with van der Waals surface area (Å²) in [4.78, 5) is 26.8. The van der Waals surface area contributed by atoms with Crippen molar-refractivity contribution in [3.63, 3.8) is 0 Å². The normalized spacial score (nSPS) is 23.0. The van der Waals surface area contributed by atoms with Crippen LogP contribution in [0.1, 0.15) is 40.1 Å². The van der Waals surface area contributed by atoms with Gasteiger partial charge in [0.1, 0.15) is 12.7 Å². The van der Waals surface area contributed by atoms with E-state index in [1.165, 1.54) is 22.4 Å². The van der Waals surface area contributed by atoms with Crippen molar-refractivity contribution >= 4 is 23.2 Å². The number of carbonyl (C=O) groups excluding carboxylic acids is 2. The summed E-state index contributed by atoms with van der Waals surface area (Å²) in [5.41, 5.74) is 2.55. The molecule has 3 rings (SSSR count). The van der Waals surface area contributed by atoms with Gasteiger partial charge in [0.2, 0.25) is 5.91 Å². The number of hydrogen-bond acceptors (Lipinski definition) is 5. The van der Waals surface area contributed by atoms with E-state index in [0.29, 0.717) is 19.6 Å². The predicted molar refractivity (Wildman–Crippen MR) is 96.1 cm³/mol. The highest BCUT2D eigenvalue weighted by molar-refractivity contribution is 7.12. The Balaban J connectivity index is 1.62. The fourth-order valence-electron chi connectivity index (χ4n) is 3.29. The Morgan fingerprint density at radius 1 is 1.36 bits per heavy atom. The van der Waals surface area contributed by atoms with Crippen molar-refractivity contribution in [3.8, 4) is 0 Å². The van der Waals surface area contributed by atoms with Gasteiger partial charge in [0.25, 0.3) is 5.91 Å². The number of rotatable bonds is 5. The molecule has 2 amide bonds. The highest BCUT2D eigenvalue weighted by atomic mass is 32.1. The summed E-state index contributed by atoms with van der Waals surface area (Å²) < 4.78 is 11.2. The van der Waals surface area contributed by atoms with Crippen molar-refractivity contribution in [2.75, 3.05) is 33.9 Å². The minimum Gasteiger partial charge on any atom is -0.379 e. The van der Waals surface area contributed by atoms with Gasteiger partial charge in [-0.1, -0.05) is 0 Å². The molecule has 138 valence electrons. The third-order valence-corrected chi connectivity index (χ3v) is 5.92. The molecule has 0 aromatic carbocycles. The maximum Gasteiger partial charge on any atom is 0.261 e. The number of hydrogen-bond donors (Lipinski definition) is 1. The number of aryl methyl sites for hydroxylation is 1. The fraction of sp³-hybridized carbons (Fsp3) is 0.667. The number of ether oxygens (including phenoxy) is 2. The molecule has 2 aliphatic rings. The molecule has 0 bridgehead atoms. The lowest BCUT2D eigenvalue weighted by atomic mass is 9.93. The van der Waals surface area contributed by atoms with E-state index in [-0.39, 0.29) is 30.6 Å². The molecular formula is C18H26N2O4S. The van der Waals surface area contributed by atoms with Crippen LogP contribution >= 0.6 is 11.3 Å². The summed E-state index contributed by atoms with van der Waals surface area (Å²) in [6, 6.07) is -0.127. The first kappa shape index (κ1) is 18.4. The lowest BCUT2D eigenvalue weighted by Crippen LogP contribution is -2.50. The van der Waals surface area contributed by atoms with Gasteiger partial charge in [0, 0.05) is 20.7 Å². The van der Waals surface area contributed by atoms with Crippen molar-refractivity contribution in [2.24, 2.45) is 0 Å². The van der Waals surface area contributed by atoms with Crippen LogP contribution in [0.4, 0.5) is 0 Å². The van der Waals surface area contributed by atoms with Crippen molar-refractivity contribution in [3.05, 3.63) is 21.4 Å². The van der Waals surface area contributed by atoms with E-state index in [0.717, 1.165) is 24.1 Å². The molecule has 2 heterocycles. The molecule has 2 unspecified atom stereocenters. The van der Waals surface area contributed by atoms with Gasteiger partial charge in [-0.05, 0) is 48.6 Å². The van der Waals surface area contributed by atoms with Crippen LogP contribution in [0, 0.1) is 0 Å². The highest BCUT2D eigenvalue weighted by Gasteiger charge is 2.30. The van der Waals surface area contributed by atoms with E-state index in [9.17, 15) is 9.59 Å². The largest absolute Gasteiger partial charge is 0.379 e. The lowest BCUT2D eigenvalue weighted by molar-refractivity contribution is -0.140. The first-order valence-electron chi connectivity index (χ1n) is 8.86. The summed E-state index contributed by atoms with van der Waals surface area (Å²) in [6.07, 6.45) is 4.83. The topological polar surface area (TPSA) is 67.9 Å². The summed E-state index contributed by atoms with van der Waals surface area (Å²) in [5.74, 6) is -0.115. The minimum atomic E-state index is -0.294. The van der Waals surface area contributed by atoms with E-state index in [4.69, 9.17) is 9.47 Å². The Bertz CT molecular complexity index is 629. The van der Waals surface area contributed by atoms with Gasteiger partial charge < -0.3 is 19.7 Å². The third-order valence-electron chi connectivity index (χ3n) is 4.85. The number of carbonyl (C=O) groups is 2. The SMILES string of the molecule is CN(C)C(=O)COC1COCCC1NC(=O)c1scc2c1CCCC2. The number of fused-ring (bicyclic) bond motifs is 1. The molecule has 1 fully saturated rings. The zero-order chi connectivity index (χ0) is 17.8. The summed E-state index contributed by atoms with van der Waals surface area (Å²) in [5, 5.41) is 5.24. The average Bonchev–Trinajstić information content (AvgIpc) is 3.04. The predicted octanol–water partition coefficient (Wildman–Crippen LogP) is 1.62. The monoisotopic (exact) mass is 366 g/mol. The van der Waals surface area contributed by atoms with Crippen LogP contribution in [0.2, 0.25) is 0 Å². The van der Waals surface area contributed by atoms with Crippen LogP contribution in [0.15, 0.2) is 5.38 Å². The second-order valence-electron chi connectivity index (χ2n) is 6.86. The van der Waals surface area contributed by atoms with Gasteiger partial charge in [0.15, 0.2) is 0 Å². The van der Waals surface area contributed by atoms with Crippen molar-refractivity contribution < 1.29 is 19.1 Å². The fourth-order valence-corrected chi connectivity index (χ4v) is 4.35. The molecule has 0 radical (unpaired) electrons. The van der Waals surface area contributed by atoms with Crippen molar-refractivity contribution in [1.29, 1.82) is 0 Å². The Labute approximate surface area is 152 Å². The van der Waals surface area contributed by atoms with Gasteiger partial charge in [-0.15, -0.1) is 11.3 Å². The first-order valence-corrected chi connectivity index (χ1v) is 9.74. The van der Waals surface area contributed by atoms with Crippen LogP contribution in [-0.4, -0.2) is 62.8 Å². The molecule has 1 aromatic heterocycles. The maximum atomic E-state index is 12.8. The number of nitrogens with zero attached hydrogens (tertiary/aromatic N) is 1. The average molecular weight is 366 g/mol. The second kappa shape index (κ2) is 8.29. The van der Waals surface area contributed by atoms with Crippen LogP contribution in [0.25, 0.3) is 0 Å². The highest BCUT2D eigenvalue weighted by Crippen LogP contribution is 2.30. The molecule has 1 aromatic rings. The van der Waals surface area contributed by atoms with Gasteiger partial charge in [-0.3, -0.25) is 9.59 Å². The number of likely N-dealkylation sites (N-methyl/N-ethyl adjacent to an activating group) is 1. The van der Waals surface area contributed by atoms with E-state index < -0.39 is 0 Å². The Hall–Kier alpha value is -1.44. The minimum absolute atomic E-state index is 0.00178. The molecule has 0 spiro atoms. The van der Waals surface area contributed by atoms with Crippen LogP contribution in [0.5, 0.6) is 0 Å². The summed E-state index contributed by atoms with van der Waals surface area (Å²) in [7, 11) is 3.39. The summed E-state index contributed by atoms with van der Waals surface area (Å²) >= 11 is 1.54. The molecule has 1 aliphatic carbocycles. The van der Waals surface area contributed by atoms with E-state index in [2.05, 4.69) is 10.7 Å². The molecule has 7 heteroatoms. The molecule has 0 saturated carbocycles. The maximum absolute atomic E-state index is 12.8. The molecule has 25 heavy (non-hydrogen) atoms. The quantitative estimate of drug-likeness (QED) is 0.860. The molecule has 1 N–H and O–H groups in total. The first-order chi connectivity index (χ1) is 12.1. The van der Waals surface area contributed by atoms with E-state index in [1.54, 1.807) is 25.4 Å². The lowest BCUT2D eigenvalue weighted by Gasteiger charge is -2.32. The molecule has 1 saturated heterocycles. The van der Waals surface area contributed by atoms with Gasteiger partial charge in [-0.2, -0.15) is 0 Å². The number of amides is 2. The molecule has 2 atom stereocenters. The molecular weight excluding hydrogens is 340 g/mol. The van der Waals surface area contributed by atoms with Crippen LogP contribution < -0.4 is 5.32 Å². The van der Waals surface area contributed by atoms with Crippen LogP contribution in [-0.2, 0) is 27.1 Å².